The first kappa shape index (κ1) is 27.2. The molecule has 204 valence electrons. The zero-order valence-corrected chi connectivity index (χ0v) is 24.2. The molecule has 0 aromatic heterocycles. The van der Waals surface area contributed by atoms with Gasteiger partial charge < -0.3 is 10.0 Å². The number of carboxylic acids is 1. The number of anilines is 2. The van der Waals surface area contributed by atoms with Crippen molar-refractivity contribution < 1.29 is 9.90 Å². The van der Waals surface area contributed by atoms with E-state index in [9.17, 15) is 9.90 Å². The molecule has 2 aliphatic rings. The molecule has 3 aromatic carbocycles. The maximum absolute atomic E-state index is 11.6. The van der Waals surface area contributed by atoms with Gasteiger partial charge in [0, 0.05) is 17.7 Å². The fourth-order valence-electron chi connectivity index (χ4n) is 6.22. The highest BCUT2D eigenvalue weighted by molar-refractivity contribution is 6.19. The van der Waals surface area contributed by atoms with Gasteiger partial charge in [0.1, 0.15) is 0 Å². The van der Waals surface area contributed by atoms with Crippen LogP contribution in [0.5, 0.6) is 0 Å². The molecule has 3 aromatic rings. The standard InChI is InChI=1S/C35H42N2O2/c1-6-7-8-9-12-21-37-30-14-11-10-13-29(30)36-32(24-15-17-25(18-16-24)33(38)39)26-22-27-28(23-31(26)37)35(4,5)20-19-34(27,2)3/h10-11,13-18,22-23H,6-9,12,19-21H2,1-5H3,(H,38,39). The molecule has 0 saturated carbocycles. The average Bonchev–Trinajstić information content (AvgIpc) is 3.05. The highest BCUT2D eigenvalue weighted by atomic mass is 16.4. The first-order chi connectivity index (χ1) is 18.6. The van der Waals surface area contributed by atoms with E-state index in [1.165, 1.54) is 42.5 Å². The Hall–Kier alpha value is -3.40. The van der Waals surface area contributed by atoms with Crippen LogP contribution in [0.2, 0.25) is 0 Å². The molecule has 1 aliphatic carbocycles. The third-order valence-electron chi connectivity index (χ3n) is 8.81. The van der Waals surface area contributed by atoms with E-state index in [1.807, 2.05) is 12.1 Å². The summed E-state index contributed by atoms with van der Waals surface area (Å²) in [4.78, 5) is 19.4. The summed E-state index contributed by atoms with van der Waals surface area (Å²) < 4.78 is 0. The fraction of sp³-hybridized carbons (Fsp3) is 0.429. The van der Waals surface area contributed by atoms with E-state index in [4.69, 9.17) is 4.99 Å². The van der Waals surface area contributed by atoms with E-state index in [0.29, 0.717) is 0 Å². The van der Waals surface area contributed by atoms with Crippen LogP contribution in [0, 0.1) is 0 Å². The number of fused-ring (bicyclic) bond motifs is 3. The molecule has 0 saturated heterocycles. The van der Waals surface area contributed by atoms with Crippen LogP contribution in [0.25, 0.3) is 0 Å². The molecule has 4 heteroatoms. The largest absolute Gasteiger partial charge is 0.478 e. The van der Waals surface area contributed by atoms with Crippen LogP contribution in [0.4, 0.5) is 17.1 Å². The minimum Gasteiger partial charge on any atom is -0.478 e. The van der Waals surface area contributed by atoms with E-state index in [-0.39, 0.29) is 16.4 Å². The fourth-order valence-corrected chi connectivity index (χ4v) is 6.22. The van der Waals surface area contributed by atoms with Crippen molar-refractivity contribution in [3.63, 3.8) is 0 Å². The van der Waals surface area contributed by atoms with Gasteiger partial charge in [0.15, 0.2) is 0 Å². The van der Waals surface area contributed by atoms with Crippen LogP contribution in [0.15, 0.2) is 65.7 Å². The Kier molecular flexibility index (Phi) is 7.41. The second-order valence-electron chi connectivity index (χ2n) is 12.6. The van der Waals surface area contributed by atoms with E-state index < -0.39 is 5.97 Å². The Morgan fingerprint density at radius 3 is 2.15 bits per heavy atom. The van der Waals surface area contributed by atoms with Crippen molar-refractivity contribution in [3.8, 4) is 0 Å². The Balaban J connectivity index is 1.73. The van der Waals surface area contributed by atoms with Gasteiger partial charge >= 0.3 is 5.97 Å². The second kappa shape index (κ2) is 10.6. The van der Waals surface area contributed by atoms with Crippen LogP contribution in [0.3, 0.4) is 0 Å². The van der Waals surface area contributed by atoms with E-state index in [2.05, 4.69) is 75.9 Å². The van der Waals surface area contributed by atoms with Gasteiger partial charge in [-0.15, -0.1) is 0 Å². The van der Waals surface area contributed by atoms with Gasteiger partial charge in [-0.2, -0.15) is 0 Å². The Bertz CT molecular complexity index is 1400. The summed E-state index contributed by atoms with van der Waals surface area (Å²) in [6.45, 7) is 12.7. The monoisotopic (exact) mass is 522 g/mol. The van der Waals surface area contributed by atoms with Crippen LogP contribution in [-0.4, -0.2) is 23.3 Å². The van der Waals surface area contributed by atoms with Crippen molar-refractivity contribution in [1.82, 2.24) is 0 Å². The molecule has 0 radical (unpaired) electrons. The van der Waals surface area contributed by atoms with E-state index in [1.54, 1.807) is 12.1 Å². The van der Waals surface area contributed by atoms with Gasteiger partial charge in [0.2, 0.25) is 0 Å². The van der Waals surface area contributed by atoms with Crippen LogP contribution in [0.1, 0.15) is 112 Å². The predicted molar refractivity (Wildman–Crippen MR) is 163 cm³/mol. The number of hydrogen-bond donors (Lipinski definition) is 1. The van der Waals surface area contributed by atoms with Gasteiger partial charge in [0.05, 0.1) is 28.3 Å². The topological polar surface area (TPSA) is 52.9 Å². The number of nitrogens with zero attached hydrogens (tertiary/aromatic N) is 2. The number of unbranched alkanes of at least 4 members (excludes halogenated alkanes) is 4. The summed E-state index contributed by atoms with van der Waals surface area (Å²) in [5.41, 5.74) is 9.58. The molecule has 0 fully saturated rings. The maximum atomic E-state index is 11.6. The van der Waals surface area contributed by atoms with Gasteiger partial charge in [-0.05, 0) is 77.6 Å². The van der Waals surface area contributed by atoms with Gasteiger partial charge in [-0.1, -0.05) is 84.6 Å². The quantitative estimate of drug-likeness (QED) is 0.300. The molecule has 0 spiro atoms. The highest BCUT2D eigenvalue weighted by Gasteiger charge is 2.39. The Morgan fingerprint density at radius 1 is 0.846 bits per heavy atom. The summed E-state index contributed by atoms with van der Waals surface area (Å²) in [7, 11) is 0. The highest BCUT2D eigenvalue weighted by Crippen LogP contribution is 2.50. The van der Waals surface area contributed by atoms with Crippen molar-refractivity contribution in [3.05, 3.63) is 88.5 Å². The first-order valence-electron chi connectivity index (χ1n) is 14.6. The van der Waals surface area contributed by atoms with Crippen molar-refractivity contribution in [2.75, 3.05) is 11.4 Å². The summed E-state index contributed by atoms with van der Waals surface area (Å²) in [6.07, 6.45) is 8.44. The normalized spacial score (nSPS) is 16.9. The summed E-state index contributed by atoms with van der Waals surface area (Å²) in [6, 6.07) is 20.5. The number of carboxylic acid groups (broad SMARTS) is 1. The molecule has 1 aliphatic heterocycles. The Morgan fingerprint density at radius 2 is 1.49 bits per heavy atom. The van der Waals surface area contributed by atoms with E-state index >= 15 is 0 Å². The summed E-state index contributed by atoms with van der Waals surface area (Å²) >= 11 is 0. The van der Waals surface area contributed by atoms with Crippen molar-refractivity contribution in [1.29, 1.82) is 0 Å². The molecule has 0 unspecified atom stereocenters. The number of aliphatic imine (C=N–C) groups is 1. The van der Waals surface area contributed by atoms with Crippen LogP contribution in [-0.2, 0) is 10.8 Å². The Labute approximate surface area is 233 Å². The van der Waals surface area contributed by atoms with Crippen molar-refractivity contribution >= 4 is 28.7 Å². The van der Waals surface area contributed by atoms with Gasteiger partial charge in [0.25, 0.3) is 0 Å². The number of benzene rings is 3. The third-order valence-corrected chi connectivity index (χ3v) is 8.81. The first-order valence-corrected chi connectivity index (χ1v) is 14.6. The predicted octanol–water partition coefficient (Wildman–Crippen LogP) is 9.32. The third kappa shape index (κ3) is 5.26. The summed E-state index contributed by atoms with van der Waals surface area (Å²) in [5.74, 6) is -0.914. The van der Waals surface area contributed by atoms with Crippen molar-refractivity contribution in [2.24, 2.45) is 4.99 Å². The van der Waals surface area contributed by atoms with E-state index in [0.717, 1.165) is 54.0 Å². The smallest absolute Gasteiger partial charge is 0.335 e. The molecule has 0 atom stereocenters. The van der Waals surface area contributed by atoms with Gasteiger partial charge in [-0.3, -0.25) is 0 Å². The number of carbonyl (C=O) groups is 1. The SMILES string of the molecule is CCCCCCCN1c2ccccc2N=C(c2ccc(C(=O)O)cc2)c2cc3c(cc21)C(C)(C)CCC3(C)C. The number of aromatic carboxylic acids is 1. The molecule has 0 bridgehead atoms. The molecule has 39 heavy (non-hydrogen) atoms. The lowest BCUT2D eigenvalue weighted by Gasteiger charge is -2.43. The maximum Gasteiger partial charge on any atom is 0.335 e. The zero-order chi connectivity index (χ0) is 27.8. The second-order valence-corrected chi connectivity index (χ2v) is 12.6. The molecular weight excluding hydrogens is 480 g/mol. The average molecular weight is 523 g/mol. The number of rotatable bonds is 8. The number of hydrogen-bond acceptors (Lipinski definition) is 3. The lowest BCUT2D eigenvalue weighted by atomic mass is 9.62. The molecule has 0 amide bonds. The summed E-state index contributed by atoms with van der Waals surface area (Å²) in [5, 5.41) is 9.49. The van der Waals surface area contributed by atoms with Crippen LogP contribution < -0.4 is 4.90 Å². The number of para-hydroxylation sites is 2. The lowest BCUT2D eigenvalue weighted by molar-refractivity contribution is 0.0697. The molecular formula is C35H42N2O2. The minimum atomic E-state index is -0.914. The minimum absolute atomic E-state index is 0.0717. The lowest BCUT2D eigenvalue weighted by Crippen LogP contribution is -2.35. The molecule has 4 nitrogen and oxygen atoms in total. The molecule has 5 rings (SSSR count). The molecule has 1 heterocycles. The van der Waals surface area contributed by atoms with Crippen LogP contribution >= 0.6 is 0 Å². The van der Waals surface area contributed by atoms with Gasteiger partial charge in [-0.25, -0.2) is 9.79 Å². The zero-order valence-electron chi connectivity index (χ0n) is 24.2. The van der Waals surface area contributed by atoms with Crippen molar-refractivity contribution in [2.45, 2.75) is 90.4 Å². The molecule has 1 N–H and O–H groups in total.